The topological polar surface area (TPSA) is 65.2 Å². The number of para-hydroxylation sites is 1. The van der Waals surface area contributed by atoms with Crippen LogP contribution >= 0.6 is 23.1 Å². The number of aromatic nitrogens is 1. The lowest BCUT2D eigenvalue weighted by molar-refractivity contribution is 0.0736. The average Bonchev–Trinajstić information content (AvgIpc) is 2.68. The Kier molecular flexibility index (Phi) is 3.07. The van der Waals surface area contributed by atoms with Crippen molar-refractivity contribution in [3.05, 3.63) is 41.0 Å². The van der Waals surface area contributed by atoms with Crippen LogP contribution in [0.2, 0.25) is 5.02 Å². The van der Waals surface area contributed by atoms with E-state index in [4.69, 9.17) is 22.1 Å². The predicted octanol–water partition coefficient (Wildman–Crippen LogP) is 2.60. The molecule has 0 unspecified atom stereocenters. The van der Waals surface area contributed by atoms with Crippen LogP contribution in [0.1, 0.15) is 10.4 Å². The number of halogens is 1. The summed E-state index contributed by atoms with van der Waals surface area (Å²) in [6.45, 7) is 0. The molecule has 0 atom stereocenters. The molecule has 16 heavy (non-hydrogen) atoms. The molecule has 0 aliphatic heterocycles. The first kappa shape index (κ1) is 10.9. The maximum atomic E-state index is 11.7. The van der Waals surface area contributed by atoms with E-state index in [1.807, 2.05) is 0 Å². The molecule has 0 radical (unpaired) electrons. The Morgan fingerprint density at radius 1 is 1.44 bits per heavy atom. The van der Waals surface area contributed by atoms with Gasteiger partial charge in [0.05, 0.1) is 11.2 Å². The number of nitrogens with zero attached hydrogens (tertiary/aromatic N) is 1. The minimum Gasteiger partial charge on any atom is -0.421 e. The third kappa shape index (κ3) is 2.15. The molecule has 0 fully saturated rings. The molecule has 0 amide bonds. The fourth-order valence-electron chi connectivity index (χ4n) is 1.08. The maximum absolute atomic E-state index is 11.7. The first-order valence-electron chi connectivity index (χ1n) is 4.35. The monoisotopic (exact) mass is 254 g/mol. The van der Waals surface area contributed by atoms with Gasteiger partial charge in [0, 0.05) is 0 Å². The predicted molar refractivity (Wildman–Crippen MR) is 62.9 cm³/mol. The lowest BCUT2D eigenvalue weighted by Crippen LogP contribution is -2.09. The zero-order chi connectivity index (χ0) is 11.5. The molecule has 0 spiro atoms. The summed E-state index contributed by atoms with van der Waals surface area (Å²) in [5.74, 6) is -0.251. The van der Waals surface area contributed by atoms with Crippen molar-refractivity contribution >= 4 is 34.1 Å². The Balaban J connectivity index is 2.21. The molecule has 0 bridgehead atoms. The number of hydrogen-bond donors (Lipinski definition) is 1. The third-order valence-corrected chi connectivity index (χ3v) is 2.80. The first-order chi connectivity index (χ1) is 7.68. The number of rotatable bonds is 2. The van der Waals surface area contributed by atoms with Crippen LogP contribution in [-0.2, 0) is 0 Å². The molecule has 2 N–H and O–H groups in total. The minimum atomic E-state index is -0.556. The molecule has 4 nitrogen and oxygen atoms in total. The third-order valence-electron chi connectivity index (χ3n) is 1.86. The number of nitrogen functional groups attached to an aromatic ring is 1. The van der Waals surface area contributed by atoms with Crippen molar-refractivity contribution in [2.24, 2.45) is 0 Å². The number of hydrogen-bond acceptors (Lipinski definition) is 5. The highest BCUT2D eigenvalue weighted by atomic mass is 35.5. The molecule has 0 aliphatic carbocycles. The van der Waals surface area contributed by atoms with Gasteiger partial charge >= 0.3 is 5.97 Å². The van der Waals surface area contributed by atoms with Gasteiger partial charge < -0.3 is 10.5 Å². The molecular formula is C10H7ClN2O2S. The number of anilines is 1. The summed E-state index contributed by atoms with van der Waals surface area (Å²) in [7, 11) is 0. The molecule has 1 aromatic carbocycles. The summed E-state index contributed by atoms with van der Waals surface area (Å²) >= 11 is 6.89. The van der Waals surface area contributed by atoms with Crippen LogP contribution in [0, 0.1) is 0 Å². The van der Waals surface area contributed by atoms with Gasteiger partial charge in [0.25, 0.3) is 0 Å². The molecule has 82 valence electrons. The molecule has 6 heteroatoms. The van der Waals surface area contributed by atoms with E-state index in [0.717, 1.165) is 11.5 Å². The Labute approximate surface area is 101 Å². The molecule has 0 aliphatic rings. The van der Waals surface area contributed by atoms with Gasteiger partial charge in [0.1, 0.15) is 16.3 Å². The van der Waals surface area contributed by atoms with Gasteiger partial charge in [-0.1, -0.05) is 23.7 Å². The zero-order valence-electron chi connectivity index (χ0n) is 8.01. The van der Waals surface area contributed by atoms with Crippen molar-refractivity contribution < 1.29 is 9.53 Å². The summed E-state index contributed by atoms with van der Waals surface area (Å²) in [5.41, 5.74) is 5.81. The van der Waals surface area contributed by atoms with Crippen molar-refractivity contribution in [3.8, 4) is 5.75 Å². The van der Waals surface area contributed by atoms with Crippen molar-refractivity contribution in [1.29, 1.82) is 0 Å². The molecule has 2 aromatic rings. The van der Waals surface area contributed by atoms with Crippen LogP contribution < -0.4 is 10.5 Å². The first-order valence-corrected chi connectivity index (χ1v) is 5.50. The molecule has 1 heterocycles. The summed E-state index contributed by atoms with van der Waals surface area (Å²) in [6.07, 6.45) is 1.37. The lowest BCUT2D eigenvalue weighted by atomic mass is 10.3. The maximum Gasteiger partial charge on any atom is 0.348 e. The second-order valence-electron chi connectivity index (χ2n) is 2.92. The highest BCUT2D eigenvalue weighted by Gasteiger charge is 2.15. The quantitative estimate of drug-likeness (QED) is 0.661. The van der Waals surface area contributed by atoms with Crippen LogP contribution in [0.4, 0.5) is 5.00 Å². The fourth-order valence-corrected chi connectivity index (χ4v) is 1.76. The van der Waals surface area contributed by atoms with Crippen LogP contribution in [0.15, 0.2) is 30.5 Å². The Bertz CT molecular complexity index is 527. The summed E-state index contributed by atoms with van der Waals surface area (Å²) in [4.78, 5) is 11.7. The number of carbonyl (C=O) groups excluding carboxylic acids is 1. The SMILES string of the molecule is Nc1sncc1C(=O)Oc1ccccc1Cl. The second kappa shape index (κ2) is 4.51. The summed E-state index contributed by atoms with van der Waals surface area (Å²) in [6, 6.07) is 6.72. The van der Waals surface area contributed by atoms with Crippen molar-refractivity contribution in [2.45, 2.75) is 0 Å². The number of carbonyl (C=O) groups is 1. The van der Waals surface area contributed by atoms with E-state index in [2.05, 4.69) is 4.37 Å². The summed E-state index contributed by atoms with van der Waals surface area (Å²) in [5, 5.41) is 0.703. The van der Waals surface area contributed by atoms with E-state index < -0.39 is 5.97 Å². The van der Waals surface area contributed by atoms with Crippen molar-refractivity contribution in [3.63, 3.8) is 0 Å². The molecule has 0 saturated carbocycles. The standard InChI is InChI=1S/C10H7ClN2O2S/c11-7-3-1-2-4-8(7)15-10(14)6-5-13-16-9(6)12/h1-5H,12H2. The molecule has 1 aromatic heterocycles. The molecular weight excluding hydrogens is 248 g/mol. The van der Waals surface area contributed by atoms with Gasteiger partial charge in [0.15, 0.2) is 0 Å². The molecule has 2 rings (SSSR count). The zero-order valence-corrected chi connectivity index (χ0v) is 9.59. The van der Waals surface area contributed by atoms with Crippen LogP contribution in [0.3, 0.4) is 0 Å². The van der Waals surface area contributed by atoms with Crippen molar-refractivity contribution in [1.82, 2.24) is 4.37 Å². The number of benzene rings is 1. The Morgan fingerprint density at radius 3 is 2.81 bits per heavy atom. The van der Waals surface area contributed by atoms with Gasteiger partial charge in [-0.15, -0.1) is 0 Å². The Morgan fingerprint density at radius 2 is 2.19 bits per heavy atom. The van der Waals surface area contributed by atoms with Gasteiger partial charge in [-0.3, -0.25) is 0 Å². The Hall–Kier alpha value is -1.59. The molecule has 0 saturated heterocycles. The van der Waals surface area contributed by atoms with Crippen LogP contribution in [-0.4, -0.2) is 10.3 Å². The average molecular weight is 255 g/mol. The van der Waals surface area contributed by atoms with Gasteiger partial charge in [-0.25, -0.2) is 4.79 Å². The van der Waals surface area contributed by atoms with E-state index in [1.54, 1.807) is 24.3 Å². The van der Waals surface area contributed by atoms with E-state index in [1.165, 1.54) is 6.20 Å². The lowest BCUT2D eigenvalue weighted by Gasteiger charge is -2.04. The number of ether oxygens (including phenoxy) is 1. The summed E-state index contributed by atoms with van der Waals surface area (Å²) < 4.78 is 8.88. The fraction of sp³-hybridized carbons (Fsp3) is 0. The van der Waals surface area contributed by atoms with E-state index >= 15 is 0 Å². The van der Waals surface area contributed by atoms with Gasteiger partial charge in [-0.2, -0.15) is 4.37 Å². The van der Waals surface area contributed by atoms with E-state index in [-0.39, 0.29) is 5.56 Å². The van der Waals surface area contributed by atoms with Crippen LogP contribution in [0.25, 0.3) is 0 Å². The second-order valence-corrected chi connectivity index (χ2v) is 4.16. The largest absolute Gasteiger partial charge is 0.421 e. The van der Waals surface area contributed by atoms with Crippen molar-refractivity contribution in [2.75, 3.05) is 5.73 Å². The van der Waals surface area contributed by atoms with Gasteiger partial charge in [-0.05, 0) is 23.7 Å². The number of esters is 1. The minimum absolute atomic E-state index is 0.255. The smallest absolute Gasteiger partial charge is 0.348 e. The van der Waals surface area contributed by atoms with Gasteiger partial charge in [0.2, 0.25) is 0 Å². The van der Waals surface area contributed by atoms with E-state index in [9.17, 15) is 4.79 Å². The van der Waals surface area contributed by atoms with E-state index in [0.29, 0.717) is 15.8 Å². The highest BCUT2D eigenvalue weighted by Crippen LogP contribution is 2.25. The van der Waals surface area contributed by atoms with Crippen LogP contribution in [0.5, 0.6) is 5.75 Å². The highest BCUT2D eigenvalue weighted by molar-refractivity contribution is 7.10. The number of nitrogens with two attached hydrogens (primary N) is 1. The normalized spacial score (nSPS) is 10.1.